The first kappa shape index (κ1) is 10.3. The van der Waals surface area contributed by atoms with E-state index in [1.807, 2.05) is 17.9 Å². The molecule has 2 saturated carbocycles. The first-order valence-electron chi connectivity index (χ1n) is 6.36. The van der Waals surface area contributed by atoms with Gasteiger partial charge in [0.15, 0.2) is 0 Å². The molecule has 3 unspecified atom stereocenters. The van der Waals surface area contributed by atoms with Crippen molar-refractivity contribution in [2.75, 3.05) is 0 Å². The first-order chi connectivity index (χ1) is 7.66. The Hall–Kier alpha value is -0.830. The summed E-state index contributed by atoms with van der Waals surface area (Å²) in [6.07, 6.45) is 10.7. The van der Waals surface area contributed by atoms with E-state index in [4.69, 9.17) is 0 Å². The zero-order valence-electron chi connectivity index (χ0n) is 9.89. The maximum atomic E-state index is 10.6. The highest BCUT2D eigenvalue weighted by Gasteiger charge is 2.49. The lowest BCUT2D eigenvalue weighted by Gasteiger charge is -2.32. The second kappa shape index (κ2) is 3.59. The van der Waals surface area contributed by atoms with Crippen LogP contribution in [0.15, 0.2) is 12.4 Å². The molecule has 1 aromatic heterocycles. The summed E-state index contributed by atoms with van der Waals surface area (Å²) < 4.78 is 1.83. The second-order valence-electron chi connectivity index (χ2n) is 5.71. The molecule has 3 nitrogen and oxygen atoms in total. The third kappa shape index (κ3) is 1.67. The number of fused-ring (bicyclic) bond motifs is 2. The highest BCUT2D eigenvalue weighted by molar-refractivity contribution is 5.08. The molecule has 0 saturated heterocycles. The van der Waals surface area contributed by atoms with Crippen LogP contribution < -0.4 is 0 Å². The van der Waals surface area contributed by atoms with Gasteiger partial charge in [-0.3, -0.25) is 4.68 Å². The molecule has 1 heterocycles. The third-order valence-electron chi connectivity index (χ3n) is 4.55. The largest absolute Gasteiger partial charge is 0.390 e. The van der Waals surface area contributed by atoms with Crippen LogP contribution in [0.3, 0.4) is 0 Å². The van der Waals surface area contributed by atoms with Crippen molar-refractivity contribution in [3.05, 3.63) is 18.0 Å². The minimum Gasteiger partial charge on any atom is -0.390 e. The summed E-state index contributed by atoms with van der Waals surface area (Å²) in [4.78, 5) is 0. The van der Waals surface area contributed by atoms with Gasteiger partial charge >= 0.3 is 0 Å². The molecule has 3 atom stereocenters. The lowest BCUT2D eigenvalue weighted by molar-refractivity contribution is -0.0201. The Morgan fingerprint density at radius 1 is 1.56 bits per heavy atom. The van der Waals surface area contributed by atoms with Gasteiger partial charge in [0.25, 0.3) is 0 Å². The zero-order valence-corrected chi connectivity index (χ0v) is 9.89. The van der Waals surface area contributed by atoms with Crippen LogP contribution in [0.25, 0.3) is 0 Å². The monoisotopic (exact) mass is 220 g/mol. The normalized spacial score (nSPS) is 37.1. The number of hydrogen-bond donors (Lipinski definition) is 1. The highest BCUT2D eigenvalue weighted by atomic mass is 16.3. The lowest BCUT2D eigenvalue weighted by atomic mass is 9.80. The molecular weight excluding hydrogens is 200 g/mol. The molecule has 0 amide bonds. The number of nitrogens with zero attached hydrogens (tertiary/aromatic N) is 2. The molecule has 0 radical (unpaired) electrons. The predicted octanol–water partition coefficient (Wildman–Crippen LogP) is 1.90. The summed E-state index contributed by atoms with van der Waals surface area (Å²) in [6, 6.07) is 0. The van der Waals surface area contributed by atoms with Gasteiger partial charge < -0.3 is 5.11 Å². The summed E-state index contributed by atoms with van der Waals surface area (Å²) in [5.74, 6) is 1.39. The number of aromatic nitrogens is 2. The molecule has 3 heteroatoms. The lowest BCUT2D eigenvalue weighted by Crippen LogP contribution is -2.35. The van der Waals surface area contributed by atoms with Crippen LogP contribution in [0.2, 0.25) is 0 Å². The van der Waals surface area contributed by atoms with E-state index in [1.165, 1.54) is 24.8 Å². The molecule has 88 valence electrons. The molecule has 1 N–H and O–H groups in total. The Labute approximate surface area is 96.5 Å². The van der Waals surface area contributed by atoms with E-state index in [-0.39, 0.29) is 5.60 Å². The highest BCUT2D eigenvalue weighted by Crippen LogP contribution is 2.52. The Morgan fingerprint density at radius 3 is 3.00 bits per heavy atom. The van der Waals surface area contributed by atoms with Crippen LogP contribution in [-0.4, -0.2) is 20.5 Å². The molecule has 1 aromatic rings. The van der Waals surface area contributed by atoms with E-state index < -0.39 is 0 Å². The first-order valence-corrected chi connectivity index (χ1v) is 6.36. The van der Waals surface area contributed by atoms with E-state index >= 15 is 0 Å². The van der Waals surface area contributed by atoms with Crippen molar-refractivity contribution in [3.63, 3.8) is 0 Å². The summed E-state index contributed by atoms with van der Waals surface area (Å²) in [5.41, 5.74) is 0.886. The quantitative estimate of drug-likeness (QED) is 0.845. The maximum Gasteiger partial charge on any atom is 0.0681 e. The summed E-state index contributed by atoms with van der Waals surface area (Å²) >= 11 is 0. The SMILES string of the molecule is Cn1cc(CCC2(O)CC3CCC2C3)cn1. The van der Waals surface area contributed by atoms with Gasteiger partial charge in [0.05, 0.1) is 11.8 Å². The number of rotatable bonds is 3. The average Bonchev–Trinajstić information content (AvgIpc) is 2.90. The smallest absolute Gasteiger partial charge is 0.0681 e. The van der Waals surface area contributed by atoms with Crippen LogP contribution in [0.1, 0.15) is 37.7 Å². The van der Waals surface area contributed by atoms with E-state index in [1.54, 1.807) is 0 Å². The Balaban J connectivity index is 1.63. The average molecular weight is 220 g/mol. The molecule has 0 aromatic carbocycles. The molecule has 2 aliphatic carbocycles. The van der Waals surface area contributed by atoms with Crippen molar-refractivity contribution in [1.29, 1.82) is 0 Å². The van der Waals surface area contributed by atoms with Crippen molar-refractivity contribution in [2.24, 2.45) is 18.9 Å². The van der Waals surface area contributed by atoms with Gasteiger partial charge in [0.1, 0.15) is 0 Å². The Bertz CT molecular complexity index is 387. The summed E-state index contributed by atoms with van der Waals surface area (Å²) in [6.45, 7) is 0. The van der Waals surface area contributed by atoms with Crippen molar-refractivity contribution in [2.45, 2.75) is 44.1 Å². The summed E-state index contributed by atoms with van der Waals surface area (Å²) in [5, 5.41) is 14.8. The number of aliphatic hydroxyl groups is 1. The van der Waals surface area contributed by atoms with Gasteiger partial charge in [-0.05, 0) is 55.9 Å². The molecule has 2 fully saturated rings. The number of hydrogen-bond acceptors (Lipinski definition) is 2. The topological polar surface area (TPSA) is 38.0 Å². The van der Waals surface area contributed by atoms with Gasteiger partial charge in [-0.2, -0.15) is 5.10 Å². The molecular formula is C13H20N2O. The van der Waals surface area contributed by atoms with Gasteiger partial charge in [-0.25, -0.2) is 0 Å². The number of aryl methyl sites for hydroxylation is 2. The van der Waals surface area contributed by atoms with Gasteiger partial charge in [-0.1, -0.05) is 0 Å². The van der Waals surface area contributed by atoms with Gasteiger partial charge in [0.2, 0.25) is 0 Å². The third-order valence-corrected chi connectivity index (χ3v) is 4.55. The fourth-order valence-electron chi connectivity index (χ4n) is 3.68. The van der Waals surface area contributed by atoms with E-state index in [0.29, 0.717) is 5.92 Å². The van der Waals surface area contributed by atoms with Crippen LogP contribution in [-0.2, 0) is 13.5 Å². The van der Waals surface area contributed by atoms with Crippen molar-refractivity contribution >= 4 is 0 Å². The molecule has 0 aliphatic heterocycles. The molecule has 16 heavy (non-hydrogen) atoms. The molecule has 2 bridgehead atoms. The molecule has 3 rings (SSSR count). The predicted molar refractivity (Wildman–Crippen MR) is 61.9 cm³/mol. The van der Waals surface area contributed by atoms with E-state index in [0.717, 1.165) is 25.2 Å². The van der Waals surface area contributed by atoms with Crippen LogP contribution in [0.4, 0.5) is 0 Å². The standard InChI is InChI=1S/C13H20N2O/c1-15-9-11(8-14-15)4-5-13(16)7-10-2-3-12(13)6-10/h8-10,12,16H,2-7H2,1H3. The van der Waals surface area contributed by atoms with Crippen LogP contribution in [0.5, 0.6) is 0 Å². The van der Waals surface area contributed by atoms with Crippen LogP contribution in [0, 0.1) is 11.8 Å². The zero-order chi connectivity index (χ0) is 11.2. The van der Waals surface area contributed by atoms with Crippen molar-refractivity contribution in [3.8, 4) is 0 Å². The van der Waals surface area contributed by atoms with Gasteiger partial charge in [0, 0.05) is 13.2 Å². The fraction of sp³-hybridized carbons (Fsp3) is 0.769. The summed E-state index contributed by atoms with van der Waals surface area (Å²) in [7, 11) is 1.94. The van der Waals surface area contributed by atoms with E-state index in [2.05, 4.69) is 11.3 Å². The minimum absolute atomic E-state index is 0.362. The molecule has 0 spiro atoms. The van der Waals surface area contributed by atoms with Gasteiger partial charge in [-0.15, -0.1) is 0 Å². The maximum absolute atomic E-state index is 10.6. The Morgan fingerprint density at radius 2 is 2.44 bits per heavy atom. The second-order valence-corrected chi connectivity index (χ2v) is 5.71. The van der Waals surface area contributed by atoms with Crippen molar-refractivity contribution in [1.82, 2.24) is 9.78 Å². The molecule has 2 aliphatic rings. The van der Waals surface area contributed by atoms with Crippen LogP contribution >= 0.6 is 0 Å². The Kier molecular flexibility index (Phi) is 2.32. The minimum atomic E-state index is -0.362. The van der Waals surface area contributed by atoms with E-state index in [9.17, 15) is 5.11 Å². The van der Waals surface area contributed by atoms with Crippen molar-refractivity contribution < 1.29 is 5.11 Å². The fourth-order valence-corrected chi connectivity index (χ4v) is 3.68.